The van der Waals surface area contributed by atoms with Gasteiger partial charge in [0.2, 0.25) is 0 Å². The highest BCUT2D eigenvalue weighted by atomic mass is 79.9. The molecule has 1 N–H and O–H groups in total. The minimum atomic E-state index is -0.777. The van der Waals surface area contributed by atoms with Crippen molar-refractivity contribution >= 4 is 15.9 Å². The van der Waals surface area contributed by atoms with Crippen molar-refractivity contribution in [2.24, 2.45) is 5.92 Å². The Morgan fingerprint density at radius 2 is 2.11 bits per heavy atom. The van der Waals surface area contributed by atoms with E-state index in [1.165, 1.54) is 0 Å². The number of aliphatic hydroxyl groups is 1. The van der Waals surface area contributed by atoms with Crippen LogP contribution in [0.4, 0.5) is 0 Å². The predicted molar refractivity (Wildman–Crippen MR) is 78.8 cm³/mol. The zero-order chi connectivity index (χ0) is 14.0. The number of benzene rings is 1. The van der Waals surface area contributed by atoms with Crippen LogP contribution in [-0.2, 0) is 5.60 Å². The van der Waals surface area contributed by atoms with E-state index in [2.05, 4.69) is 22.9 Å². The first-order chi connectivity index (χ1) is 9.05. The average molecular weight is 329 g/mol. The Labute approximate surface area is 123 Å². The lowest BCUT2D eigenvalue weighted by Crippen LogP contribution is -2.23. The van der Waals surface area contributed by atoms with Crippen molar-refractivity contribution in [3.05, 3.63) is 22.2 Å². The summed E-state index contributed by atoms with van der Waals surface area (Å²) < 4.78 is 11.5. The molecule has 1 fully saturated rings. The van der Waals surface area contributed by atoms with Crippen LogP contribution in [0.1, 0.15) is 38.2 Å². The van der Waals surface area contributed by atoms with E-state index in [0.717, 1.165) is 35.7 Å². The van der Waals surface area contributed by atoms with Crippen LogP contribution in [-0.4, -0.2) is 19.3 Å². The van der Waals surface area contributed by atoms with Gasteiger partial charge in [-0.1, -0.05) is 13.3 Å². The third kappa shape index (κ3) is 2.61. The summed E-state index contributed by atoms with van der Waals surface area (Å²) in [6.45, 7) is 2.18. The molecule has 0 bridgehead atoms. The second kappa shape index (κ2) is 5.71. The van der Waals surface area contributed by atoms with Crippen molar-refractivity contribution in [1.82, 2.24) is 0 Å². The van der Waals surface area contributed by atoms with Gasteiger partial charge in [-0.05, 0) is 53.2 Å². The number of methoxy groups -OCH3 is 2. The van der Waals surface area contributed by atoms with Gasteiger partial charge in [-0.15, -0.1) is 0 Å². The summed E-state index contributed by atoms with van der Waals surface area (Å²) in [6, 6.07) is 3.79. The molecule has 0 aromatic heterocycles. The first-order valence-electron chi connectivity index (χ1n) is 6.69. The molecule has 1 saturated carbocycles. The maximum atomic E-state index is 10.9. The molecule has 106 valence electrons. The number of rotatable bonds is 4. The Morgan fingerprint density at radius 1 is 1.37 bits per heavy atom. The minimum Gasteiger partial charge on any atom is -0.495 e. The van der Waals surface area contributed by atoms with Gasteiger partial charge in [0, 0.05) is 5.56 Å². The normalized spacial score (nSPS) is 26.5. The third-order valence-electron chi connectivity index (χ3n) is 4.16. The highest BCUT2D eigenvalue weighted by Crippen LogP contribution is 2.49. The zero-order valence-electron chi connectivity index (χ0n) is 11.7. The summed E-state index contributed by atoms with van der Waals surface area (Å²) in [5.74, 6) is 1.99. The minimum absolute atomic E-state index is 0.593. The summed E-state index contributed by atoms with van der Waals surface area (Å²) in [5.41, 5.74) is 0.0829. The SMILES string of the molecule is CCC1CCC(O)(c2ccc(OC)c(Br)c2OC)C1. The Bertz CT molecular complexity index is 461. The molecule has 1 aliphatic rings. The first kappa shape index (κ1) is 14.7. The highest BCUT2D eigenvalue weighted by molar-refractivity contribution is 9.10. The smallest absolute Gasteiger partial charge is 0.142 e. The van der Waals surface area contributed by atoms with Gasteiger partial charge in [-0.25, -0.2) is 0 Å². The highest BCUT2D eigenvalue weighted by Gasteiger charge is 2.40. The number of hydrogen-bond acceptors (Lipinski definition) is 3. The van der Waals surface area contributed by atoms with Crippen molar-refractivity contribution in [3.63, 3.8) is 0 Å². The Balaban J connectivity index is 2.42. The van der Waals surface area contributed by atoms with E-state index in [1.807, 2.05) is 12.1 Å². The number of hydrogen-bond donors (Lipinski definition) is 1. The Morgan fingerprint density at radius 3 is 2.63 bits per heavy atom. The molecule has 0 aliphatic heterocycles. The van der Waals surface area contributed by atoms with Gasteiger partial charge in [-0.3, -0.25) is 0 Å². The van der Waals surface area contributed by atoms with Crippen molar-refractivity contribution < 1.29 is 14.6 Å². The van der Waals surface area contributed by atoms with Crippen molar-refractivity contribution in [1.29, 1.82) is 0 Å². The van der Waals surface area contributed by atoms with Gasteiger partial charge in [0.05, 0.1) is 19.8 Å². The summed E-state index contributed by atoms with van der Waals surface area (Å²) in [7, 11) is 3.25. The summed E-state index contributed by atoms with van der Waals surface area (Å²) in [6.07, 6.45) is 3.78. The second-order valence-corrected chi connectivity index (χ2v) is 6.00. The maximum Gasteiger partial charge on any atom is 0.142 e. The molecule has 0 heterocycles. The van der Waals surface area contributed by atoms with Gasteiger partial charge in [0.15, 0.2) is 0 Å². The molecule has 1 aromatic carbocycles. The monoisotopic (exact) mass is 328 g/mol. The molecule has 0 amide bonds. The lowest BCUT2D eigenvalue weighted by atomic mass is 9.89. The molecular weight excluding hydrogens is 308 g/mol. The Kier molecular flexibility index (Phi) is 4.41. The fourth-order valence-electron chi connectivity index (χ4n) is 2.98. The van der Waals surface area contributed by atoms with Crippen molar-refractivity contribution in [2.75, 3.05) is 14.2 Å². The summed E-state index contributed by atoms with van der Waals surface area (Å²) >= 11 is 3.49. The van der Waals surface area contributed by atoms with Crippen LogP contribution in [0.5, 0.6) is 11.5 Å². The van der Waals surface area contributed by atoms with E-state index < -0.39 is 5.60 Å². The molecule has 3 nitrogen and oxygen atoms in total. The number of halogens is 1. The van der Waals surface area contributed by atoms with Gasteiger partial charge >= 0.3 is 0 Å². The standard InChI is InChI=1S/C15H21BrO3/c1-4-10-7-8-15(17,9-10)11-5-6-12(18-2)13(16)14(11)19-3/h5-6,10,17H,4,7-9H2,1-3H3. The van der Waals surface area contributed by atoms with Crippen LogP contribution in [0.15, 0.2) is 16.6 Å². The van der Waals surface area contributed by atoms with Crippen LogP contribution < -0.4 is 9.47 Å². The fraction of sp³-hybridized carbons (Fsp3) is 0.600. The van der Waals surface area contributed by atoms with Crippen LogP contribution >= 0.6 is 15.9 Å². The van der Waals surface area contributed by atoms with Gasteiger partial charge < -0.3 is 14.6 Å². The van der Waals surface area contributed by atoms with E-state index in [4.69, 9.17) is 9.47 Å². The molecule has 2 atom stereocenters. The molecule has 0 saturated heterocycles. The van der Waals surface area contributed by atoms with E-state index in [-0.39, 0.29) is 0 Å². The van der Waals surface area contributed by atoms with Crippen molar-refractivity contribution in [3.8, 4) is 11.5 Å². The molecule has 0 radical (unpaired) electrons. The molecular formula is C15H21BrO3. The zero-order valence-corrected chi connectivity index (χ0v) is 13.3. The molecule has 2 rings (SSSR count). The quantitative estimate of drug-likeness (QED) is 0.911. The second-order valence-electron chi connectivity index (χ2n) is 5.21. The van der Waals surface area contributed by atoms with Gasteiger partial charge in [-0.2, -0.15) is 0 Å². The van der Waals surface area contributed by atoms with Crippen molar-refractivity contribution in [2.45, 2.75) is 38.2 Å². The van der Waals surface area contributed by atoms with Gasteiger partial charge in [0.25, 0.3) is 0 Å². The Hall–Kier alpha value is -0.740. The fourth-order valence-corrected chi connectivity index (χ4v) is 3.65. The van der Waals surface area contributed by atoms with E-state index in [0.29, 0.717) is 17.4 Å². The van der Waals surface area contributed by atoms with Gasteiger partial charge in [0.1, 0.15) is 16.0 Å². The summed E-state index contributed by atoms with van der Waals surface area (Å²) in [4.78, 5) is 0. The van der Waals surface area contributed by atoms with Crippen LogP contribution in [0, 0.1) is 5.92 Å². The molecule has 19 heavy (non-hydrogen) atoms. The van der Waals surface area contributed by atoms with E-state index >= 15 is 0 Å². The molecule has 4 heteroatoms. The van der Waals surface area contributed by atoms with Crippen LogP contribution in [0.2, 0.25) is 0 Å². The topological polar surface area (TPSA) is 38.7 Å². The first-order valence-corrected chi connectivity index (χ1v) is 7.48. The average Bonchev–Trinajstić information content (AvgIpc) is 2.81. The lowest BCUT2D eigenvalue weighted by Gasteiger charge is -2.26. The summed E-state index contributed by atoms with van der Waals surface area (Å²) in [5, 5.41) is 10.9. The van der Waals surface area contributed by atoms with Crippen LogP contribution in [0.25, 0.3) is 0 Å². The van der Waals surface area contributed by atoms with E-state index in [9.17, 15) is 5.11 Å². The number of ether oxygens (including phenoxy) is 2. The molecule has 2 unspecified atom stereocenters. The molecule has 1 aromatic rings. The molecule has 1 aliphatic carbocycles. The third-order valence-corrected chi connectivity index (χ3v) is 4.91. The maximum absolute atomic E-state index is 10.9. The van der Waals surface area contributed by atoms with Crippen LogP contribution in [0.3, 0.4) is 0 Å². The largest absolute Gasteiger partial charge is 0.495 e. The predicted octanol–water partition coefficient (Wildman–Crippen LogP) is 3.86. The van der Waals surface area contributed by atoms with E-state index in [1.54, 1.807) is 14.2 Å². The molecule has 0 spiro atoms. The lowest BCUT2D eigenvalue weighted by molar-refractivity contribution is 0.0372.